The lowest BCUT2D eigenvalue weighted by Crippen LogP contribution is -2.51. The van der Waals surface area contributed by atoms with Crippen molar-refractivity contribution in [3.05, 3.63) is 69.7 Å². The van der Waals surface area contributed by atoms with Crippen LogP contribution in [-0.2, 0) is 21.9 Å². The van der Waals surface area contributed by atoms with Crippen LogP contribution in [0.15, 0.2) is 53.0 Å². The van der Waals surface area contributed by atoms with Crippen molar-refractivity contribution in [1.82, 2.24) is 10.2 Å². The number of hydrogen-bond acceptors (Lipinski definition) is 3. The summed E-state index contributed by atoms with van der Waals surface area (Å²) in [6.45, 7) is 4.49. The number of benzene rings is 2. The Bertz CT molecular complexity index is 897. The minimum absolute atomic E-state index is 0.0155. The Hall–Kier alpha value is -1.79. The van der Waals surface area contributed by atoms with Crippen LogP contribution in [0.3, 0.4) is 0 Å². The summed E-state index contributed by atoms with van der Waals surface area (Å²) in [5.41, 5.74) is 3.40. The van der Waals surface area contributed by atoms with E-state index in [0.29, 0.717) is 18.7 Å². The van der Waals surface area contributed by atoms with Crippen molar-refractivity contribution >= 4 is 39.5 Å². The lowest BCUT2D eigenvalue weighted by Gasteiger charge is -2.31. The van der Waals surface area contributed by atoms with Gasteiger partial charge < -0.3 is 10.2 Å². The molecule has 2 amide bonds. The first-order valence-electron chi connectivity index (χ1n) is 11.4. The number of halogens is 1. The summed E-state index contributed by atoms with van der Waals surface area (Å²) in [5.74, 6) is 1.12. The van der Waals surface area contributed by atoms with E-state index in [-0.39, 0.29) is 17.9 Å². The van der Waals surface area contributed by atoms with Crippen molar-refractivity contribution in [2.24, 2.45) is 0 Å². The van der Waals surface area contributed by atoms with Crippen LogP contribution in [0.1, 0.15) is 55.7 Å². The lowest BCUT2D eigenvalue weighted by molar-refractivity contribution is -0.139. The maximum Gasteiger partial charge on any atom is 0.243 e. The Morgan fingerprint density at radius 2 is 1.84 bits per heavy atom. The van der Waals surface area contributed by atoms with E-state index >= 15 is 0 Å². The third-order valence-corrected chi connectivity index (χ3v) is 7.45. The van der Waals surface area contributed by atoms with Gasteiger partial charge in [-0.1, -0.05) is 77.7 Å². The summed E-state index contributed by atoms with van der Waals surface area (Å²) >= 11 is 5.05. The highest BCUT2D eigenvalue weighted by Gasteiger charge is 2.30. The van der Waals surface area contributed by atoms with E-state index in [0.717, 1.165) is 34.2 Å². The van der Waals surface area contributed by atoms with Crippen molar-refractivity contribution < 1.29 is 9.59 Å². The molecule has 4 nitrogen and oxygen atoms in total. The number of hydrogen-bond donors (Lipinski definition) is 1. The molecule has 0 spiro atoms. The molecule has 1 saturated carbocycles. The zero-order chi connectivity index (χ0) is 22.9. The molecule has 0 unspecified atom stereocenters. The first-order chi connectivity index (χ1) is 15.5. The van der Waals surface area contributed by atoms with E-state index in [2.05, 4.69) is 39.4 Å². The monoisotopic (exact) mass is 516 g/mol. The van der Waals surface area contributed by atoms with E-state index < -0.39 is 6.04 Å². The largest absolute Gasteiger partial charge is 0.352 e. The minimum atomic E-state index is -0.447. The third-order valence-electron chi connectivity index (χ3n) is 5.93. The Morgan fingerprint density at radius 3 is 2.50 bits per heavy atom. The smallest absolute Gasteiger partial charge is 0.243 e. The second kappa shape index (κ2) is 12.4. The Labute approximate surface area is 204 Å². The molecule has 1 aliphatic rings. The topological polar surface area (TPSA) is 49.4 Å². The SMILES string of the molecule is CC[C@H](C(=O)NC1CCCC1)N(Cc1cccc(C)c1)C(=O)CSCc1ccc(Br)cc1. The number of rotatable bonds is 10. The molecule has 172 valence electrons. The van der Waals surface area contributed by atoms with Crippen molar-refractivity contribution in [3.63, 3.8) is 0 Å². The average molecular weight is 518 g/mol. The van der Waals surface area contributed by atoms with Gasteiger partial charge in [0.05, 0.1) is 5.75 Å². The van der Waals surface area contributed by atoms with Crippen LogP contribution in [0.5, 0.6) is 0 Å². The van der Waals surface area contributed by atoms with Crippen molar-refractivity contribution in [2.75, 3.05) is 5.75 Å². The van der Waals surface area contributed by atoms with E-state index in [1.807, 2.05) is 44.2 Å². The number of nitrogens with zero attached hydrogens (tertiary/aromatic N) is 1. The van der Waals surface area contributed by atoms with Crippen molar-refractivity contribution in [2.45, 2.75) is 70.3 Å². The summed E-state index contributed by atoms with van der Waals surface area (Å²) in [4.78, 5) is 28.3. The zero-order valence-corrected chi connectivity index (χ0v) is 21.4. The molecule has 0 aromatic heterocycles. The maximum atomic E-state index is 13.3. The van der Waals surface area contributed by atoms with Crippen LogP contribution in [0.2, 0.25) is 0 Å². The van der Waals surface area contributed by atoms with Crippen LogP contribution in [-0.4, -0.2) is 34.6 Å². The maximum absolute atomic E-state index is 13.3. The predicted molar refractivity (Wildman–Crippen MR) is 137 cm³/mol. The molecule has 0 saturated heterocycles. The van der Waals surface area contributed by atoms with Gasteiger partial charge in [-0.3, -0.25) is 9.59 Å². The number of aryl methyl sites for hydroxylation is 1. The summed E-state index contributed by atoms with van der Waals surface area (Å²) < 4.78 is 1.05. The van der Waals surface area contributed by atoms with Gasteiger partial charge in [0, 0.05) is 22.8 Å². The molecule has 1 N–H and O–H groups in total. The number of thioether (sulfide) groups is 1. The Kier molecular flexibility index (Phi) is 9.67. The summed E-state index contributed by atoms with van der Waals surface area (Å²) in [6, 6.07) is 16.1. The predicted octanol–water partition coefficient (Wildman–Crippen LogP) is 5.86. The Balaban J connectivity index is 1.69. The molecule has 3 rings (SSSR count). The van der Waals surface area contributed by atoms with Gasteiger partial charge in [-0.2, -0.15) is 0 Å². The highest BCUT2D eigenvalue weighted by atomic mass is 79.9. The highest BCUT2D eigenvalue weighted by molar-refractivity contribution is 9.10. The number of nitrogens with one attached hydrogen (secondary N) is 1. The van der Waals surface area contributed by atoms with Gasteiger partial charge in [-0.15, -0.1) is 11.8 Å². The number of carbonyl (C=O) groups excluding carboxylic acids is 2. The molecule has 0 aliphatic heterocycles. The van der Waals surface area contributed by atoms with Crippen molar-refractivity contribution in [1.29, 1.82) is 0 Å². The number of amides is 2. The molecule has 6 heteroatoms. The highest BCUT2D eigenvalue weighted by Crippen LogP contribution is 2.21. The van der Waals surface area contributed by atoms with E-state index in [4.69, 9.17) is 0 Å². The number of carbonyl (C=O) groups is 2. The van der Waals surface area contributed by atoms with E-state index in [9.17, 15) is 9.59 Å². The molecule has 1 atom stereocenters. The van der Waals surface area contributed by atoms with Gasteiger partial charge in [0.15, 0.2) is 0 Å². The van der Waals surface area contributed by atoms with Crippen LogP contribution < -0.4 is 5.32 Å². The van der Waals surface area contributed by atoms with Crippen molar-refractivity contribution in [3.8, 4) is 0 Å². The fraction of sp³-hybridized carbons (Fsp3) is 0.462. The summed E-state index contributed by atoms with van der Waals surface area (Å²) in [6.07, 6.45) is 5.02. The van der Waals surface area contributed by atoms with Gasteiger partial charge in [-0.05, 0) is 49.4 Å². The molecular formula is C26H33BrN2O2S. The molecule has 0 bridgehead atoms. The molecule has 32 heavy (non-hydrogen) atoms. The summed E-state index contributed by atoms with van der Waals surface area (Å²) in [5, 5.41) is 3.21. The van der Waals surface area contributed by atoms with E-state index in [1.54, 1.807) is 16.7 Å². The van der Waals surface area contributed by atoms with Crippen LogP contribution >= 0.6 is 27.7 Å². The minimum Gasteiger partial charge on any atom is -0.352 e. The molecular weight excluding hydrogens is 484 g/mol. The molecule has 2 aromatic rings. The molecule has 1 aliphatic carbocycles. The lowest BCUT2D eigenvalue weighted by atomic mass is 10.1. The normalized spacial score (nSPS) is 14.8. The fourth-order valence-electron chi connectivity index (χ4n) is 4.21. The first kappa shape index (κ1) is 24.8. The summed E-state index contributed by atoms with van der Waals surface area (Å²) in [7, 11) is 0. The zero-order valence-electron chi connectivity index (χ0n) is 19.0. The second-order valence-electron chi connectivity index (χ2n) is 8.54. The van der Waals surface area contributed by atoms with Gasteiger partial charge in [0.2, 0.25) is 11.8 Å². The quantitative estimate of drug-likeness (QED) is 0.430. The van der Waals surface area contributed by atoms with Crippen LogP contribution in [0, 0.1) is 6.92 Å². The van der Waals surface area contributed by atoms with Gasteiger partial charge in [0.1, 0.15) is 6.04 Å². The van der Waals surface area contributed by atoms with Crippen LogP contribution in [0.4, 0.5) is 0 Å². The standard InChI is InChI=1S/C26H33BrN2O2S/c1-3-24(26(31)28-23-9-4-5-10-23)29(16-21-8-6-7-19(2)15-21)25(30)18-32-17-20-11-13-22(27)14-12-20/h6-8,11-15,23-24H,3-5,9-10,16-18H2,1-2H3,(H,28,31)/t24-/m1/s1. The Morgan fingerprint density at radius 1 is 1.12 bits per heavy atom. The molecule has 1 fully saturated rings. The average Bonchev–Trinajstić information content (AvgIpc) is 3.28. The third kappa shape index (κ3) is 7.38. The van der Waals surface area contributed by atoms with E-state index in [1.165, 1.54) is 18.4 Å². The van der Waals surface area contributed by atoms with Crippen LogP contribution in [0.25, 0.3) is 0 Å². The first-order valence-corrected chi connectivity index (χ1v) is 13.4. The fourth-order valence-corrected chi connectivity index (χ4v) is 5.35. The molecule has 2 aromatic carbocycles. The molecule has 0 heterocycles. The van der Waals surface area contributed by atoms with Gasteiger partial charge >= 0.3 is 0 Å². The van der Waals surface area contributed by atoms with Gasteiger partial charge in [-0.25, -0.2) is 0 Å². The molecule has 0 radical (unpaired) electrons. The second-order valence-corrected chi connectivity index (χ2v) is 10.4. The van der Waals surface area contributed by atoms with Gasteiger partial charge in [0.25, 0.3) is 0 Å².